The minimum atomic E-state index is 0.264. The molecule has 0 aliphatic carbocycles. The molecule has 0 radical (unpaired) electrons. The highest BCUT2D eigenvalue weighted by atomic mass is 35.5. The molecule has 0 bridgehead atoms. The normalized spacial score (nSPS) is 17.2. The van der Waals surface area contributed by atoms with Crippen LogP contribution in [0, 0.1) is 0 Å². The van der Waals surface area contributed by atoms with Gasteiger partial charge in [-0.1, -0.05) is 30.7 Å². The fourth-order valence-corrected chi connectivity index (χ4v) is 3.93. The monoisotopic (exact) mass is 291 g/mol. The Hall–Kier alpha value is -0.830. The van der Waals surface area contributed by atoms with E-state index < -0.39 is 0 Å². The average Bonchev–Trinajstić information content (AvgIpc) is 2.83. The molecule has 0 unspecified atom stereocenters. The number of hydrogen-bond donors (Lipinski definition) is 1. The van der Waals surface area contributed by atoms with Crippen molar-refractivity contribution in [2.24, 2.45) is 0 Å². The molecule has 0 spiro atoms. The summed E-state index contributed by atoms with van der Waals surface area (Å²) in [6.07, 6.45) is 2.27. The van der Waals surface area contributed by atoms with Crippen LogP contribution in [0.3, 0.4) is 0 Å². The highest BCUT2D eigenvalue weighted by molar-refractivity contribution is 7.12. The predicted molar refractivity (Wildman–Crippen MR) is 83.4 cm³/mol. The molecule has 1 aliphatic rings. The minimum Gasteiger partial charge on any atom is -0.315 e. The van der Waals surface area contributed by atoms with E-state index in [-0.39, 0.29) is 5.41 Å². The summed E-state index contributed by atoms with van der Waals surface area (Å²) >= 11 is 7.94. The lowest BCUT2D eigenvalue weighted by Crippen LogP contribution is -2.58. The number of rotatable bonds is 4. The smallest absolute Gasteiger partial charge is 0.0406 e. The average molecular weight is 292 g/mol. The molecule has 1 aromatic carbocycles. The van der Waals surface area contributed by atoms with Gasteiger partial charge in [0.15, 0.2) is 0 Å². The van der Waals surface area contributed by atoms with E-state index >= 15 is 0 Å². The summed E-state index contributed by atoms with van der Waals surface area (Å²) in [6, 6.07) is 12.9. The standard InChI is InChI=1S/C16H18ClNS/c1-2-14-7-8-15(19-14)9-16(10-18-11-16)12-3-5-13(17)6-4-12/h3-8,18H,2,9-11H2,1H3. The summed E-state index contributed by atoms with van der Waals surface area (Å²) < 4.78 is 0. The summed E-state index contributed by atoms with van der Waals surface area (Å²) in [5, 5.41) is 4.24. The number of halogens is 1. The lowest BCUT2D eigenvalue weighted by molar-refractivity contribution is 0.276. The summed E-state index contributed by atoms with van der Waals surface area (Å²) in [7, 11) is 0. The van der Waals surface area contributed by atoms with Gasteiger partial charge in [-0.3, -0.25) is 0 Å². The lowest BCUT2D eigenvalue weighted by Gasteiger charge is -2.43. The molecule has 1 fully saturated rings. The first-order chi connectivity index (χ1) is 9.22. The molecule has 19 heavy (non-hydrogen) atoms. The lowest BCUT2D eigenvalue weighted by atomic mass is 9.72. The van der Waals surface area contributed by atoms with Crippen LogP contribution in [-0.4, -0.2) is 13.1 Å². The Morgan fingerprint density at radius 2 is 1.79 bits per heavy atom. The van der Waals surface area contributed by atoms with Crippen molar-refractivity contribution in [1.82, 2.24) is 5.32 Å². The van der Waals surface area contributed by atoms with Crippen LogP contribution < -0.4 is 5.32 Å². The van der Waals surface area contributed by atoms with Gasteiger partial charge in [0.1, 0.15) is 0 Å². The molecule has 1 aliphatic heterocycles. The molecular weight excluding hydrogens is 274 g/mol. The predicted octanol–water partition coefficient (Wildman–Crippen LogP) is 4.05. The van der Waals surface area contributed by atoms with Gasteiger partial charge in [0, 0.05) is 33.3 Å². The van der Waals surface area contributed by atoms with E-state index in [1.165, 1.54) is 15.3 Å². The molecule has 1 N–H and O–H groups in total. The molecule has 1 saturated heterocycles. The van der Waals surface area contributed by atoms with Crippen molar-refractivity contribution >= 4 is 22.9 Å². The van der Waals surface area contributed by atoms with Crippen molar-refractivity contribution < 1.29 is 0 Å². The first kappa shape index (κ1) is 13.2. The van der Waals surface area contributed by atoms with E-state index in [0.717, 1.165) is 31.0 Å². The van der Waals surface area contributed by atoms with Crippen LogP contribution >= 0.6 is 22.9 Å². The molecule has 0 atom stereocenters. The zero-order valence-corrected chi connectivity index (χ0v) is 12.7. The van der Waals surface area contributed by atoms with Gasteiger partial charge in [-0.05, 0) is 42.7 Å². The van der Waals surface area contributed by atoms with Crippen LogP contribution in [0.5, 0.6) is 0 Å². The van der Waals surface area contributed by atoms with Gasteiger partial charge < -0.3 is 5.32 Å². The van der Waals surface area contributed by atoms with E-state index in [0.29, 0.717) is 0 Å². The number of benzene rings is 1. The first-order valence-electron chi connectivity index (χ1n) is 6.76. The van der Waals surface area contributed by atoms with Crippen molar-refractivity contribution in [3.8, 4) is 0 Å². The Kier molecular flexibility index (Phi) is 3.66. The Bertz CT molecular complexity index is 554. The number of hydrogen-bond acceptors (Lipinski definition) is 2. The first-order valence-corrected chi connectivity index (χ1v) is 7.96. The van der Waals surface area contributed by atoms with Gasteiger partial charge in [-0.2, -0.15) is 0 Å². The van der Waals surface area contributed by atoms with Gasteiger partial charge in [-0.15, -0.1) is 11.3 Å². The Morgan fingerprint density at radius 1 is 1.11 bits per heavy atom. The molecule has 3 heteroatoms. The van der Waals surface area contributed by atoms with Crippen LogP contribution in [0.25, 0.3) is 0 Å². The number of thiophene rings is 1. The van der Waals surface area contributed by atoms with E-state index in [1.807, 2.05) is 23.5 Å². The van der Waals surface area contributed by atoms with Crippen molar-refractivity contribution in [3.63, 3.8) is 0 Å². The van der Waals surface area contributed by atoms with Gasteiger partial charge in [0.2, 0.25) is 0 Å². The SMILES string of the molecule is CCc1ccc(CC2(c3ccc(Cl)cc3)CNC2)s1. The third kappa shape index (κ3) is 2.58. The molecule has 2 heterocycles. The second-order valence-electron chi connectivity index (χ2n) is 5.29. The summed E-state index contributed by atoms with van der Waals surface area (Å²) in [4.78, 5) is 2.97. The summed E-state index contributed by atoms with van der Waals surface area (Å²) in [5.41, 5.74) is 1.67. The third-order valence-electron chi connectivity index (χ3n) is 3.96. The van der Waals surface area contributed by atoms with E-state index in [1.54, 1.807) is 0 Å². The zero-order valence-electron chi connectivity index (χ0n) is 11.1. The summed E-state index contributed by atoms with van der Waals surface area (Å²) in [5.74, 6) is 0. The molecule has 1 nitrogen and oxygen atoms in total. The molecule has 100 valence electrons. The Labute approximate surface area is 123 Å². The second kappa shape index (κ2) is 5.28. The molecule has 2 aromatic rings. The second-order valence-corrected chi connectivity index (χ2v) is 6.98. The van der Waals surface area contributed by atoms with Crippen LogP contribution in [-0.2, 0) is 18.3 Å². The van der Waals surface area contributed by atoms with Gasteiger partial charge in [0.25, 0.3) is 0 Å². The Morgan fingerprint density at radius 3 is 2.32 bits per heavy atom. The van der Waals surface area contributed by atoms with E-state index in [4.69, 9.17) is 11.6 Å². The van der Waals surface area contributed by atoms with E-state index in [2.05, 4.69) is 36.5 Å². The largest absolute Gasteiger partial charge is 0.315 e. The minimum absolute atomic E-state index is 0.264. The topological polar surface area (TPSA) is 12.0 Å². The van der Waals surface area contributed by atoms with E-state index in [9.17, 15) is 0 Å². The third-order valence-corrected chi connectivity index (χ3v) is 5.44. The fraction of sp³-hybridized carbons (Fsp3) is 0.375. The highest BCUT2D eigenvalue weighted by Gasteiger charge is 2.38. The van der Waals surface area contributed by atoms with Gasteiger partial charge in [-0.25, -0.2) is 0 Å². The number of aryl methyl sites for hydroxylation is 1. The molecule has 3 rings (SSSR count). The van der Waals surface area contributed by atoms with Gasteiger partial charge >= 0.3 is 0 Å². The number of nitrogens with one attached hydrogen (secondary N) is 1. The quantitative estimate of drug-likeness (QED) is 0.896. The van der Waals surface area contributed by atoms with Crippen molar-refractivity contribution in [2.45, 2.75) is 25.2 Å². The highest BCUT2D eigenvalue weighted by Crippen LogP contribution is 2.35. The van der Waals surface area contributed by atoms with Crippen molar-refractivity contribution in [3.05, 3.63) is 56.7 Å². The molecular formula is C16H18ClNS. The maximum atomic E-state index is 5.99. The Balaban J connectivity index is 1.84. The maximum Gasteiger partial charge on any atom is 0.0406 e. The zero-order chi connectivity index (χ0) is 13.3. The van der Waals surface area contributed by atoms with Crippen LogP contribution in [0.2, 0.25) is 5.02 Å². The van der Waals surface area contributed by atoms with Crippen molar-refractivity contribution in [1.29, 1.82) is 0 Å². The summed E-state index contributed by atoms with van der Waals surface area (Å²) in [6.45, 7) is 4.34. The van der Waals surface area contributed by atoms with Gasteiger partial charge in [0.05, 0.1) is 0 Å². The van der Waals surface area contributed by atoms with Crippen molar-refractivity contribution in [2.75, 3.05) is 13.1 Å². The molecule has 1 aromatic heterocycles. The van der Waals surface area contributed by atoms with Crippen LogP contribution in [0.1, 0.15) is 22.2 Å². The maximum absolute atomic E-state index is 5.99. The molecule has 0 saturated carbocycles. The molecule has 0 amide bonds. The van der Waals surface area contributed by atoms with Crippen LogP contribution in [0.4, 0.5) is 0 Å². The van der Waals surface area contributed by atoms with Crippen LogP contribution in [0.15, 0.2) is 36.4 Å². The fourth-order valence-electron chi connectivity index (χ4n) is 2.70.